The summed E-state index contributed by atoms with van der Waals surface area (Å²) in [6, 6.07) is 5.97. The normalized spacial score (nSPS) is 11.2. The van der Waals surface area contributed by atoms with Gasteiger partial charge in [-0.25, -0.2) is 15.0 Å². The minimum Gasteiger partial charge on any atom is -0.298 e. The van der Waals surface area contributed by atoms with Crippen LogP contribution in [0.1, 0.15) is 24.7 Å². The predicted octanol–water partition coefficient (Wildman–Crippen LogP) is 3.71. The Hall–Kier alpha value is -1.94. The highest BCUT2D eigenvalue weighted by atomic mass is 35.5. The smallest absolute Gasteiger partial charge is 0.137 e. The number of fused-ring (bicyclic) bond motifs is 1. The molecule has 0 spiro atoms. The summed E-state index contributed by atoms with van der Waals surface area (Å²) in [6.45, 7) is 4.05. The summed E-state index contributed by atoms with van der Waals surface area (Å²) in [6.07, 6.45) is 5.53. The lowest BCUT2D eigenvalue weighted by Gasteiger charge is -2.11. The molecule has 0 aliphatic carbocycles. The molecule has 0 N–H and O–H groups in total. The van der Waals surface area contributed by atoms with Gasteiger partial charge in [-0.15, -0.1) is 0 Å². The van der Waals surface area contributed by atoms with Crippen molar-refractivity contribution in [1.82, 2.24) is 19.4 Å². The molecule has 0 atom stereocenters. The molecule has 0 aromatic carbocycles. The fourth-order valence-corrected chi connectivity index (χ4v) is 2.45. The number of rotatable bonds is 3. The molecule has 0 saturated carbocycles. The number of nitrogens with zero attached hydrogens (tertiary/aromatic N) is 4. The Morgan fingerprint density at radius 3 is 2.90 bits per heavy atom. The molecule has 0 radical (unpaired) electrons. The van der Waals surface area contributed by atoms with Crippen molar-refractivity contribution in [3.05, 3.63) is 47.1 Å². The summed E-state index contributed by atoms with van der Waals surface area (Å²) in [5, 5.41) is 0.524. The quantitative estimate of drug-likeness (QED) is 0.690. The van der Waals surface area contributed by atoms with E-state index in [0.29, 0.717) is 5.15 Å². The average molecular weight is 287 g/mol. The largest absolute Gasteiger partial charge is 0.298 e. The molecule has 20 heavy (non-hydrogen) atoms. The zero-order valence-electron chi connectivity index (χ0n) is 11.5. The number of pyridine rings is 1. The van der Waals surface area contributed by atoms with Crippen molar-refractivity contribution < 1.29 is 0 Å². The molecule has 3 aromatic rings. The van der Waals surface area contributed by atoms with Crippen molar-refractivity contribution in [1.29, 1.82) is 0 Å². The molecule has 0 bridgehead atoms. The standard InChI is InChI=1S/C15H15ClN4/c1-3-5-12-18-14(10(2)15(16)19-12)11-6-4-7-13-17-8-9-20(11)13/h4,6-9H,3,5H2,1-2H3. The first-order valence-electron chi connectivity index (χ1n) is 6.66. The average Bonchev–Trinajstić information content (AvgIpc) is 2.91. The maximum Gasteiger partial charge on any atom is 0.137 e. The van der Waals surface area contributed by atoms with E-state index in [0.717, 1.165) is 41.3 Å². The molecule has 0 saturated heterocycles. The lowest BCUT2D eigenvalue weighted by Crippen LogP contribution is -2.03. The molecule has 0 aliphatic heterocycles. The van der Waals surface area contributed by atoms with Crippen molar-refractivity contribution >= 4 is 17.2 Å². The van der Waals surface area contributed by atoms with Crippen molar-refractivity contribution in [3.8, 4) is 11.4 Å². The van der Waals surface area contributed by atoms with Gasteiger partial charge in [-0.05, 0) is 25.5 Å². The van der Waals surface area contributed by atoms with Gasteiger partial charge in [0.2, 0.25) is 0 Å². The Labute approximate surface area is 122 Å². The molecular weight excluding hydrogens is 272 g/mol. The summed E-state index contributed by atoms with van der Waals surface area (Å²) >= 11 is 6.25. The number of aryl methyl sites for hydroxylation is 1. The Bertz CT molecular complexity index is 764. The number of imidazole rings is 1. The molecule has 3 heterocycles. The van der Waals surface area contributed by atoms with Crippen LogP contribution in [-0.4, -0.2) is 19.4 Å². The van der Waals surface area contributed by atoms with Crippen molar-refractivity contribution in [2.45, 2.75) is 26.7 Å². The zero-order valence-corrected chi connectivity index (χ0v) is 12.2. The third kappa shape index (κ3) is 2.16. The van der Waals surface area contributed by atoms with Gasteiger partial charge in [-0.2, -0.15) is 0 Å². The number of halogens is 1. The molecule has 4 nitrogen and oxygen atoms in total. The summed E-state index contributed by atoms with van der Waals surface area (Å²) in [4.78, 5) is 13.3. The van der Waals surface area contributed by atoms with Gasteiger partial charge in [-0.3, -0.25) is 4.40 Å². The summed E-state index contributed by atoms with van der Waals surface area (Å²) in [5.74, 6) is 0.787. The van der Waals surface area contributed by atoms with Gasteiger partial charge in [0, 0.05) is 24.4 Å². The van der Waals surface area contributed by atoms with E-state index in [1.165, 1.54) is 0 Å². The first-order chi connectivity index (χ1) is 9.70. The predicted molar refractivity (Wildman–Crippen MR) is 80.0 cm³/mol. The maximum absolute atomic E-state index is 6.25. The van der Waals surface area contributed by atoms with E-state index in [2.05, 4.69) is 21.9 Å². The van der Waals surface area contributed by atoms with Gasteiger partial charge >= 0.3 is 0 Å². The van der Waals surface area contributed by atoms with Gasteiger partial charge in [0.1, 0.15) is 16.6 Å². The van der Waals surface area contributed by atoms with E-state index in [9.17, 15) is 0 Å². The molecule has 0 unspecified atom stereocenters. The highest BCUT2D eigenvalue weighted by molar-refractivity contribution is 6.30. The molecular formula is C15H15ClN4. The molecule has 3 rings (SSSR count). The van der Waals surface area contributed by atoms with Crippen LogP contribution in [0.25, 0.3) is 17.0 Å². The van der Waals surface area contributed by atoms with Gasteiger partial charge in [0.15, 0.2) is 0 Å². The highest BCUT2D eigenvalue weighted by Crippen LogP contribution is 2.26. The topological polar surface area (TPSA) is 43.1 Å². The van der Waals surface area contributed by atoms with Crippen LogP contribution in [0.5, 0.6) is 0 Å². The van der Waals surface area contributed by atoms with Crippen molar-refractivity contribution in [3.63, 3.8) is 0 Å². The summed E-state index contributed by atoms with van der Waals surface area (Å²) in [5.41, 5.74) is 3.65. The van der Waals surface area contributed by atoms with E-state index in [4.69, 9.17) is 11.6 Å². The third-order valence-corrected chi connectivity index (χ3v) is 3.65. The van der Waals surface area contributed by atoms with E-state index >= 15 is 0 Å². The van der Waals surface area contributed by atoms with Crippen molar-refractivity contribution in [2.24, 2.45) is 0 Å². The number of hydrogen-bond donors (Lipinski definition) is 0. The van der Waals surface area contributed by atoms with E-state index in [-0.39, 0.29) is 0 Å². The Morgan fingerprint density at radius 1 is 1.25 bits per heavy atom. The van der Waals surface area contributed by atoms with Crippen LogP contribution in [0.4, 0.5) is 0 Å². The second kappa shape index (κ2) is 5.21. The van der Waals surface area contributed by atoms with E-state index in [1.807, 2.05) is 35.7 Å². The lowest BCUT2D eigenvalue weighted by atomic mass is 10.1. The first-order valence-corrected chi connectivity index (χ1v) is 7.04. The lowest BCUT2D eigenvalue weighted by molar-refractivity contribution is 0.831. The molecule has 0 fully saturated rings. The number of hydrogen-bond acceptors (Lipinski definition) is 3. The van der Waals surface area contributed by atoms with Gasteiger partial charge in [0.25, 0.3) is 0 Å². The molecule has 0 amide bonds. The summed E-state index contributed by atoms with van der Waals surface area (Å²) < 4.78 is 2.02. The third-order valence-electron chi connectivity index (χ3n) is 3.28. The van der Waals surface area contributed by atoms with Gasteiger partial charge < -0.3 is 0 Å². The highest BCUT2D eigenvalue weighted by Gasteiger charge is 2.13. The monoisotopic (exact) mass is 286 g/mol. The fourth-order valence-electron chi connectivity index (χ4n) is 2.26. The molecule has 102 valence electrons. The molecule has 5 heteroatoms. The van der Waals surface area contributed by atoms with Crippen molar-refractivity contribution in [2.75, 3.05) is 0 Å². The van der Waals surface area contributed by atoms with Crippen LogP contribution in [0, 0.1) is 6.92 Å². The van der Waals surface area contributed by atoms with Crippen LogP contribution in [-0.2, 0) is 6.42 Å². The zero-order chi connectivity index (χ0) is 14.1. The minimum atomic E-state index is 0.524. The second-order valence-electron chi connectivity index (χ2n) is 4.72. The maximum atomic E-state index is 6.25. The van der Waals surface area contributed by atoms with Gasteiger partial charge in [-0.1, -0.05) is 24.6 Å². The Balaban J connectivity index is 2.25. The van der Waals surface area contributed by atoms with Crippen LogP contribution in [0.2, 0.25) is 5.15 Å². The van der Waals surface area contributed by atoms with E-state index in [1.54, 1.807) is 6.20 Å². The van der Waals surface area contributed by atoms with Crippen LogP contribution in [0.3, 0.4) is 0 Å². The van der Waals surface area contributed by atoms with Crippen LogP contribution < -0.4 is 0 Å². The summed E-state index contributed by atoms with van der Waals surface area (Å²) in [7, 11) is 0. The first kappa shape index (κ1) is 13.1. The minimum absolute atomic E-state index is 0.524. The Morgan fingerprint density at radius 2 is 2.10 bits per heavy atom. The molecule has 0 aliphatic rings. The Kier molecular flexibility index (Phi) is 3.40. The van der Waals surface area contributed by atoms with E-state index < -0.39 is 0 Å². The van der Waals surface area contributed by atoms with Gasteiger partial charge in [0.05, 0.1) is 11.4 Å². The fraction of sp³-hybridized carbons (Fsp3) is 0.267. The van der Waals surface area contributed by atoms with Crippen LogP contribution >= 0.6 is 11.6 Å². The number of aromatic nitrogens is 4. The molecule has 3 aromatic heterocycles. The van der Waals surface area contributed by atoms with Crippen LogP contribution in [0.15, 0.2) is 30.6 Å². The SMILES string of the molecule is CCCc1nc(Cl)c(C)c(-c2cccc3nccn23)n1. The second-order valence-corrected chi connectivity index (χ2v) is 5.08.